The van der Waals surface area contributed by atoms with E-state index in [9.17, 15) is 9.59 Å². The molecule has 0 heterocycles. The molecular formula is C12H10O4. The number of hydrogen-bond donors (Lipinski definition) is 2. The highest BCUT2D eigenvalue weighted by molar-refractivity contribution is 6.16. The Hall–Kier alpha value is -2.36. The molecule has 4 heteroatoms. The predicted octanol–water partition coefficient (Wildman–Crippen LogP) is 1.88. The van der Waals surface area contributed by atoms with Crippen molar-refractivity contribution in [3.8, 4) is 0 Å². The normalized spacial score (nSPS) is 9.50. The van der Waals surface area contributed by atoms with E-state index in [-0.39, 0.29) is 11.1 Å². The first-order valence-electron chi connectivity index (χ1n) is 4.38. The molecule has 0 saturated carbocycles. The number of carboxylic acid groups (broad SMARTS) is 2. The molecule has 0 aromatic heterocycles. The minimum Gasteiger partial charge on any atom is -0.478 e. The average Bonchev–Trinajstić information content (AvgIpc) is 2.26. The van der Waals surface area contributed by atoms with Crippen LogP contribution in [0.2, 0.25) is 0 Å². The van der Waals surface area contributed by atoms with Crippen molar-refractivity contribution in [2.45, 2.75) is 0 Å². The first-order valence-corrected chi connectivity index (χ1v) is 4.38. The summed E-state index contributed by atoms with van der Waals surface area (Å²) in [5, 5.41) is 17.5. The fraction of sp³-hybridized carbons (Fsp3) is 0. The Morgan fingerprint density at radius 3 is 1.62 bits per heavy atom. The topological polar surface area (TPSA) is 74.6 Å². The summed E-state index contributed by atoms with van der Waals surface area (Å²) >= 11 is 0. The lowest BCUT2D eigenvalue weighted by atomic mass is 10.0. The van der Waals surface area contributed by atoms with Gasteiger partial charge in [0.25, 0.3) is 0 Å². The Labute approximate surface area is 92.2 Å². The van der Waals surface area contributed by atoms with E-state index in [1.807, 2.05) is 0 Å². The molecular weight excluding hydrogens is 208 g/mol. The Bertz CT molecular complexity index is 444. The zero-order valence-corrected chi connectivity index (χ0v) is 8.43. The number of carbonyl (C=O) groups is 2. The Balaban J connectivity index is 3.14. The average molecular weight is 218 g/mol. The molecule has 1 aromatic rings. The van der Waals surface area contributed by atoms with Crippen LogP contribution in [0, 0.1) is 0 Å². The second kappa shape index (κ2) is 4.44. The maximum absolute atomic E-state index is 10.7. The second-order valence-corrected chi connectivity index (χ2v) is 3.15. The van der Waals surface area contributed by atoms with Crippen molar-refractivity contribution >= 4 is 23.1 Å². The largest absolute Gasteiger partial charge is 0.478 e. The predicted molar refractivity (Wildman–Crippen MR) is 59.8 cm³/mol. The third-order valence-electron chi connectivity index (χ3n) is 2.08. The fourth-order valence-corrected chi connectivity index (χ4v) is 1.14. The van der Waals surface area contributed by atoms with Gasteiger partial charge < -0.3 is 10.2 Å². The van der Waals surface area contributed by atoms with E-state index in [0.717, 1.165) is 0 Å². The van der Waals surface area contributed by atoms with Gasteiger partial charge in [-0.2, -0.15) is 0 Å². The highest BCUT2D eigenvalue weighted by Gasteiger charge is 2.11. The quantitative estimate of drug-likeness (QED) is 0.756. The molecule has 0 spiro atoms. The number of aliphatic carboxylic acids is 2. The number of carboxylic acids is 2. The van der Waals surface area contributed by atoms with Crippen LogP contribution in [-0.2, 0) is 9.59 Å². The van der Waals surface area contributed by atoms with E-state index in [1.165, 1.54) is 6.07 Å². The van der Waals surface area contributed by atoms with Crippen LogP contribution >= 0.6 is 0 Å². The molecule has 0 fully saturated rings. The molecule has 16 heavy (non-hydrogen) atoms. The second-order valence-electron chi connectivity index (χ2n) is 3.15. The molecule has 1 rings (SSSR count). The third-order valence-corrected chi connectivity index (χ3v) is 2.08. The van der Waals surface area contributed by atoms with Gasteiger partial charge in [0.05, 0.1) is 11.1 Å². The molecule has 0 amide bonds. The van der Waals surface area contributed by atoms with Gasteiger partial charge in [-0.25, -0.2) is 9.59 Å². The smallest absolute Gasteiger partial charge is 0.335 e. The van der Waals surface area contributed by atoms with Crippen molar-refractivity contribution in [1.29, 1.82) is 0 Å². The van der Waals surface area contributed by atoms with Gasteiger partial charge in [0, 0.05) is 0 Å². The molecule has 0 atom stereocenters. The van der Waals surface area contributed by atoms with Gasteiger partial charge in [0.15, 0.2) is 0 Å². The van der Waals surface area contributed by atoms with Gasteiger partial charge >= 0.3 is 11.9 Å². The minimum absolute atomic E-state index is 0.0833. The number of benzene rings is 1. The van der Waals surface area contributed by atoms with Crippen LogP contribution < -0.4 is 0 Å². The van der Waals surface area contributed by atoms with Crippen LogP contribution in [0.4, 0.5) is 0 Å². The van der Waals surface area contributed by atoms with Crippen LogP contribution in [0.5, 0.6) is 0 Å². The zero-order valence-electron chi connectivity index (χ0n) is 8.43. The molecule has 1 aromatic carbocycles. The lowest BCUT2D eigenvalue weighted by Crippen LogP contribution is -2.01. The van der Waals surface area contributed by atoms with E-state index in [4.69, 9.17) is 10.2 Å². The lowest BCUT2D eigenvalue weighted by Gasteiger charge is -2.04. The SMILES string of the molecule is C=C(C(=O)O)c1cccc(C(=C)C(=O)O)c1. The zero-order chi connectivity index (χ0) is 12.3. The molecule has 0 radical (unpaired) electrons. The fourth-order valence-electron chi connectivity index (χ4n) is 1.14. The summed E-state index contributed by atoms with van der Waals surface area (Å²) in [4.78, 5) is 21.4. The molecule has 0 aliphatic heterocycles. The highest BCUT2D eigenvalue weighted by Crippen LogP contribution is 2.19. The van der Waals surface area contributed by atoms with Gasteiger partial charge in [-0.15, -0.1) is 0 Å². The van der Waals surface area contributed by atoms with Gasteiger partial charge in [-0.05, 0) is 17.2 Å². The summed E-state index contributed by atoms with van der Waals surface area (Å²) in [5.41, 5.74) is 0.569. The van der Waals surface area contributed by atoms with E-state index in [1.54, 1.807) is 18.2 Å². The Morgan fingerprint density at radius 2 is 1.31 bits per heavy atom. The van der Waals surface area contributed by atoms with E-state index < -0.39 is 11.9 Å². The van der Waals surface area contributed by atoms with Crippen molar-refractivity contribution in [1.82, 2.24) is 0 Å². The molecule has 4 nitrogen and oxygen atoms in total. The maximum atomic E-state index is 10.7. The summed E-state index contributed by atoms with van der Waals surface area (Å²) in [6.07, 6.45) is 0. The first kappa shape index (κ1) is 11.7. The summed E-state index contributed by atoms with van der Waals surface area (Å²) in [7, 11) is 0. The third kappa shape index (κ3) is 2.36. The highest BCUT2D eigenvalue weighted by atomic mass is 16.4. The van der Waals surface area contributed by atoms with E-state index in [2.05, 4.69) is 13.2 Å². The van der Waals surface area contributed by atoms with Crippen molar-refractivity contribution in [2.24, 2.45) is 0 Å². The van der Waals surface area contributed by atoms with Gasteiger partial charge in [0.2, 0.25) is 0 Å². The van der Waals surface area contributed by atoms with E-state index in [0.29, 0.717) is 11.1 Å². The minimum atomic E-state index is -1.14. The number of rotatable bonds is 4. The van der Waals surface area contributed by atoms with Gasteiger partial charge in [-0.1, -0.05) is 31.4 Å². The number of hydrogen-bond acceptors (Lipinski definition) is 2. The van der Waals surface area contributed by atoms with Crippen LogP contribution in [0.3, 0.4) is 0 Å². The summed E-state index contributed by atoms with van der Waals surface area (Å²) in [6, 6.07) is 6.10. The van der Waals surface area contributed by atoms with Crippen molar-refractivity contribution in [2.75, 3.05) is 0 Å². The van der Waals surface area contributed by atoms with Crippen LogP contribution in [-0.4, -0.2) is 22.2 Å². The maximum Gasteiger partial charge on any atom is 0.335 e. The molecule has 0 aliphatic carbocycles. The summed E-state index contributed by atoms with van der Waals surface area (Å²) in [5.74, 6) is -2.28. The lowest BCUT2D eigenvalue weighted by molar-refractivity contribution is -0.131. The van der Waals surface area contributed by atoms with Crippen LogP contribution in [0.1, 0.15) is 11.1 Å². The molecule has 0 saturated heterocycles. The molecule has 0 aliphatic rings. The van der Waals surface area contributed by atoms with E-state index >= 15 is 0 Å². The van der Waals surface area contributed by atoms with Crippen molar-refractivity contribution < 1.29 is 19.8 Å². The standard InChI is InChI=1S/C12H10O4/c1-7(11(13)14)9-4-3-5-10(6-9)8(2)12(15)16/h3-6H,1-2H2,(H,13,14)(H,15,16). The Morgan fingerprint density at radius 1 is 0.938 bits per heavy atom. The van der Waals surface area contributed by atoms with Crippen molar-refractivity contribution in [3.63, 3.8) is 0 Å². The van der Waals surface area contributed by atoms with Crippen LogP contribution in [0.15, 0.2) is 37.4 Å². The van der Waals surface area contributed by atoms with Crippen molar-refractivity contribution in [3.05, 3.63) is 48.6 Å². The van der Waals surface area contributed by atoms with Gasteiger partial charge in [0.1, 0.15) is 0 Å². The summed E-state index contributed by atoms with van der Waals surface area (Å²) < 4.78 is 0. The summed E-state index contributed by atoms with van der Waals surface area (Å²) in [6.45, 7) is 6.79. The molecule has 0 bridgehead atoms. The monoisotopic (exact) mass is 218 g/mol. The van der Waals surface area contributed by atoms with Gasteiger partial charge in [-0.3, -0.25) is 0 Å². The molecule has 2 N–H and O–H groups in total. The Kier molecular flexibility index (Phi) is 3.25. The first-order chi connectivity index (χ1) is 7.43. The molecule has 82 valence electrons. The van der Waals surface area contributed by atoms with Crippen LogP contribution in [0.25, 0.3) is 11.1 Å². The molecule has 0 unspecified atom stereocenters.